The number of carboxylic acids is 1. The number of methoxy groups -OCH3 is 2. The molecular formula is C11H16N4O6. The van der Waals surface area contributed by atoms with Crippen molar-refractivity contribution in [3.05, 3.63) is 6.07 Å². The van der Waals surface area contributed by atoms with E-state index in [0.29, 0.717) is 0 Å². The van der Waals surface area contributed by atoms with Gasteiger partial charge in [-0.2, -0.15) is 9.97 Å². The first-order valence-corrected chi connectivity index (χ1v) is 5.76. The van der Waals surface area contributed by atoms with Crippen LogP contribution in [0.5, 0.6) is 11.8 Å². The zero-order valence-corrected chi connectivity index (χ0v) is 11.7. The van der Waals surface area contributed by atoms with E-state index in [0.717, 1.165) is 6.92 Å². The summed E-state index contributed by atoms with van der Waals surface area (Å²) in [5.74, 6) is -1.20. The first kappa shape index (κ1) is 16.4. The van der Waals surface area contributed by atoms with Gasteiger partial charge in [0.1, 0.15) is 0 Å². The Bertz CT molecular complexity index is 511. The zero-order valence-electron chi connectivity index (χ0n) is 11.7. The number of ether oxygens (including phenoxy) is 2. The largest absolute Gasteiger partial charge is 0.481 e. The van der Waals surface area contributed by atoms with Gasteiger partial charge in [-0.1, -0.05) is 0 Å². The topological polar surface area (TPSA) is 143 Å². The van der Waals surface area contributed by atoms with Gasteiger partial charge in [-0.3, -0.25) is 5.32 Å². The van der Waals surface area contributed by atoms with Crippen LogP contribution in [-0.4, -0.2) is 58.5 Å². The van der Waals surface area contributed by atoms with Crippen LogP contribution in [0, 0.1) is 0 Å². The molecule has 0 radical (unpaired) electrons. The fourth-order valence-electron chi connectivity index (χ4n) is 1.14. The van der Waals surface area contributed by atoms with E-state index in [4.69, 9.17) is 14.6 Å². The maximum Gasteiger partial charge on any atom is 0.337 e. The second-order valence-electron chi connectivity index (χ2n) is 4.16. The Labute approximate surface area is 120 Å². The Hall–Kier alpha value is -2.62. The molecule has 21 heavy (non-hydrogen) atoms. The second kappa shape index (κ2) is 6.70. The Morgan fingerprint density at radius 2 is 1.81 bits per heavy atom. The van der Waals surface area contributed by atoms with E-state index < -0.39 is 24.1 Å². The van der Waals surface area contributed by atoms with Crippen LogP contribution in [0.1, 0.15) is 6.92 Å². The maximum atomic E-state index is 11.6. The third-order valence-electron chi connectivity index (χ3n) is 2.38. The minimum Gasteiger partial charge on any atom is -0.481 e. The molecule has 2 amide bonds. The Balaban J connectivity index is 2.69. The third-order valence-corrected chi connectivity index (χ3v) is 2.38. The third kappa shape index (κ3) is 4.76. The number of nitrogens with zero attached hydrogens (tertiary/aromatic N) is 2. The summed E-state index contributed by atoms with van der Waals surface area (Å²) in [4.78, 5) is 30.0. The van der Waals surface area contributed by atoms with Crippen LogP contribution in [0.4, 0.5) is 10.7 Å². The predicted octanol–water partition coefficient (Wildman–Crippen LogP) is -0.549. The molecule has 1 aromatic heterocycles. The molecule has 1 unspecified atom stereocenters. The van der Waals surface area contributed by atoms with Crippen molar-refractivity contribution >= 4 is 17.9 Å². The van der Waals surface area contributed by atoms with E-state index in [1.807, 2.05) is 0 Å². The highest BCUT2D eigenvalue weighted by Crippen LogP contribution is 2.17. The summed E-state index contributed by atoms with van der Waals surface area (Å²) in [5, 5.41) is 22.6. The molecule has 0 bridgehead atoms. The lowest BCUT2D eigenvalue weighted by molar-refractivity contribution is -0.155. The zero-order chi connectivity index (χ0) is 16.0. The van der Waals surface area contributed by atoms with Crippen molar-refractivity contribution in [3.63, 3.8) is 0 Å². The Morgan fingerprint density at radius 1 is 1.29 bits per heavy atom. The molecule has 0 fully saturated rings. The van der Waals surface area contributed by atoms with E-state index in [2.05, 4.69) is 20.6 Å². The van der Waals surface area contributed by atoms with Gasteiger partial charge in [0.25, 0.3) is 0 Å². The summed E-state index contributed by atoms with van der Waals surface area (Å²) >= 11 is 0. The molecule has 1 heterocycles. The quantitative estimate of drug-likeness (QED) is 0.548. The normalized spacial score (nSPS) is 13.0. The molecule has 0 aliphatic carbocycles. The SMILES string of the molecule is COc1cc(OC)nc(NC(=O)NCC(C)(O)C(=O)O)n1. The number of urea groups is 1. The number of nitrogens with one attached hydrogen (secondary N) is 2. The van der Waals surface area contributed by atoms with E-state index in [-0.39, 0.29) is 17.7 Å². The average molecular weight is 300 g/mol. The molecule has 1 atom stereocenters. The minimum absolute atomic E-state index is 0.0985. The number of aliphatic hydroxyl groups is 1. The first-order chi connectivity index (χ1) is 9.78. The molecule has 1 aromatic rings. The number of rotatable bonds is 6. The summed E-state index contributed by atoms with van der Waals surface area (Å²) < 4.78 is 9.81. The number of aromatic nitrogens is 2. The lowest BCUT2D eigenvalue weighted by atomic mass is 10.1. The molecule has 116 valence electrons. The van der Waals surface area contributed by atoms with Crippen LogP contribution in [0.2, 0.25) is 0 Å². The van der Waals surface area contributed by atoms with Crippen molar-refractivity contribution in [3.8, 4) is 11.8 Å². The van der Waals surface area contributed by atoms with Crippen molar-refractivity contribution in [1.82, 2.24) is 15.3 Å². The number of aliphatic carboxylic acids is 1. The van der Waals surface area contributed by atoms with Gasteiger partial charge in [-0.15, -0.1) is 0 Å². The van der Waals surface area contributed by atoms with Gasteiger partial charge < -0.3 is 25.0 Å². The van der Waals surface area contributed by atoms with Gasteiger partial charge in [-0.25, -0.2) is 9.59 Å². The monoisotopic (exact) mass is 300 g/mol. The van der Waals surface area contributed by atoms with Gasteiger partial charge >= 0.3 is 12.0 Å². The standard InChI is InChI=1S/C11H16N4O6/c1-11(19,8(16)17)5-12-10(18)15-9-13-6(20-2)4-7(14-9)21-3/h4,19H,5H2,1-3H3,(H,16,17)(H2,12,13,14,15,18). The molecule has 0 saturated heterocycles. The van der Waals surface area contributed by atoms with Crippen LogP contribution in [0.25, 0.3) is 0 Å². The molecule has 0 saturated carbocycles. The van der Waals surface area contributed by atoms with Gasteiger partial charge in [0.15, 0.2) is 5.60 Å². The summed E-state index contributed by atoms with van der Waals surface area (Å²) in [7, 11) is 2.77. The van der Waals surface area contributed by atoms with Gasteiger partial charge in [0, 0.05) is 0 Å². The number of hydrogen-bond donors (Lipinski definition) is 4. The van der Waals surface area contributed by atoms with E-state index >= 15 is 0 Å². The number of carbonyl (C=O) groups excluding carboxylic acids is 1. The van der Waals surface area contributed by atoms with Crippen LogP contribution in [0.3, 0.4) is 0 Å². The van der Waals surface area contributed by atoms with E-state index in [9.17, 15) is 14.7 Å². The molecule has 0 aliphatic rings. The molecular weight excluding hydrogens is 284 g/mol. The lowest BCUT2D eigenvalue weighted by Crippen LogP contribution is -2.47. The summed E-state index contributed by atoms with van der Waals surface area (Å²) in [6.07, 6.45) is 0. The number of carboxylic acid groups (broad SMARTS) is 1. The number of carbonyl (C=O) groups is 2. The van der Waals surface area contributed by atoms with Crippen molar-refractivity contribution in [2.24, 2.45) is 0 Å². The van der Waals surface area contributed by atoms with Crippen molar-refractivity contribution < 1.29 is 29.3 Å². The average Bonchev–Trinajstić information content (AvgIpc) is 2.44. The molecule has 4 N–H and O–H groups in total. The highest BCUT2D eigenvalue weighted by Gasteiger charge is 2.30. The van der Waals surface area contributed by atoms with Crippen LogP contribution < -0.4 is 20.1 Å². The minimum atomic E-state index is -2.08. The summed E-state index contributed by atoms with van der Waals surface area (Å²) in [6, 6.07) is 0.630. The highest BCUT2D eigenvalue weighted by molar-refractivity contribution is 5.88. The smallest absolute Gasteiger partial charge is 0.337 e. The summed E-state index contributed by atoms with van der Waals surface area (Å²) in [6.45, 7) is 0.565. The van der Waals surface area contributed by atoms with Gasteiger partial charge in [0.2, 0.25) is 17.7 Å². The molecule has 10 nitrogen and oxygen atoms in total. The first-order valence-electron chi connectivity index (χ1n) is 5.76. The second-order valence-corrected chi connectivity index (χ2v) is 4.16. The summed E-state index contributed by atoms with van der Waals surface area (Å²) in [5.41, 5.74) is -2.08. The maximum absolute atomic E-state index is 11.6. The van der Waals surface area contributed by atoms with Crippen molar-refractivity contribution in [1.29, 1.82) is 0 Å². The molecule has 0 spiro atoms. The molecule has 0 aromatic carbocycles. The van der Waals surface area contributed by atoms with Crippen molar-refractivity contribution in [2.75, 3.05) is 26.1 Å². The van der Waals surface area contributed by atoms with E-state index in [1.165, 1.54) is 20.3 Å². The number of hydrogen-bond acceptors (Lipinski definition) is 7. The number of amides is 2. The van der Waals surface area contributed by atoms with Gasteiger partial charge in [0.05, 0.1) is 26.8 Å². The number of anilines is 1. The predicted molar refractivity (Wildman–Crippen MR) is 70.4 cm³/mol. The van der Waals surface area contributed by atoms with Crippen LogP contribution in [-0.2, 0) is 4.79 Å². The fourth-order valence-corrected chi connectivity index (χ4v) is 1.14. The Morgan fingerprint density at radius 3 is 2.24 bits per heavy atom. The Kier molecular flexibility index (Phi) is 5.24. The molecule has 0 aliphatic heterocycles. The van der Waals surface area contributed by atoms with Crippen molar-refractivity contribution in [2.45, 2.75) is 12.5 Å². The fraction of sp³-hybridized carbons (Fsp3) is 0.455. The highest BCUT2D eigenvalue weighted by atomic mass is 16.5. The molecule has 10 heteroatoms. The van der Waals surface area contributed by atoms with Crippen LogP contribution >= 0.6 is 0 Å². The van der Waals surface area contributed by atoms with E-state index in [1.54, 1.807) is 0 Å². The lowest BCUT2D eigenvalue weighted by Gasteiger charge is -2.18. The molecule has 1 rings (SSSR count). The van der Waals surface area contributed by atoms with Gasteiger partial charge in [-0.05, 0) is 6.92 Å². The van der Waals surface area contributed by atoms with Crippen LogP contribution in [0.15, 0.2) is 6.07 Å².